The van der Waals surface area contributed by atoms with Gasteiger partial charge in [0.05, 0.1) is 12.7 Å². The molecule has 63 heavy (non-hydrogen) atoms. The van der Waals surface area contributed by atoms with E-state index >= 15 is 0 Å². The molecule has 1 amide bonds. The number of carbonyl (C=O) groups excluding carboxylic acids is 1. The smallest absolute Gasteiger partial charge is 0.276 e. The Morgan fingerprint density at radius 1 is 0.714 bits per heavy atom. The van der Waals surface area contributed by atoms with Crippen LogP contribution in [0.15, 0.2) is 113 Å². The number of benzene rings is 4. The van der Waals surface area contributed by atoms with E-state index in [-0.39, 0.29) is 46.6 Å². The Labute approximate surface area is 363 Å². The highest BCUT2D eigenvalue weighted by atomic mass is 19.1. The van der Waals surface area contributed by atoms with Gasteiger partial charge in [0.15, 0.2) is 11.3 Å². The van der Waals surface area contributed by atoms with Crippen molar-refractivity contribution in [3.63, 3.8) is 0 Å². The number of imidazole rings is 1. The fourth-order valence-corrected chi connectivity index (χ4v) is 8.64. The van der Waals surface area contributed by atoms with E-state index < -0.39 is 11.7 Å². The molecule has 0 spiro atoms. The van der Waals surface area contributed by atoms with Gasteiger partial charge < -0.3 is 15.3 Å². The maximum absolute atomic E-state index is 13.9. The number of aryl methyl sites for hydroxylation is 2. The Morgan fingerprint density at radius 2 is 1.29 bits per heavy atom. The second-order valence-electron chi connectivity index (χ2n) is 16.8. The predicted octanol–water partition coefficient (Wildman–Crippen LogP) is 6.55. The summed E-state index contributed by atoms with van der Waals surface area (Å²) in [6, 6.07) is 29.2. The van der Waals surface area contributed by atoms with Crippen LogP contribution in [0.1, 0.15) is 75.6 Å². The third-order valence-corrected chi connectivity index (χ3v) is 12.1. The SMILES string of the molecule is Cc1ccc(F)cc1-c1ncc2c(=O)[nH]c(C3CN(Cc4ccccc4)CC3C)nn12.Cc1ccc(F)cc1C(=O)NCc1nnc(C2CN(Cc3ccccc3)CC2C)[nH]c1=O. The van der Waals surface area contributed by atoms with Crippen molar-refractivity contribution in [2.24, 2.45) is 11.8 Å². The molecule has 2 fully saturated rings. The molecule has 4 atom stereocenters. The number of amides is 1. The van der Waals surface area contributed by atoms with E-state index in [1.165, 1.54) is 47.7 Å². The average molecular weight is 853 g/mol. The normalized spacial score (nSPS) is 19.0. The molecule has 2 saturated heterocycles. The van der Waals surface area contributed by atoms with Crippen molar-refractivity contribution in [2.75, 3.05) is 26.2 Å². The second-order valence-corrected chi connectivity index (χ2v) is 16.8. The van der Waals surface area contributed by atoms with Crippen molar-refractivity contribution in [3.8, 4) is 11.4 Å². The molecule has 3 N–H and O–H groups in total. The molecule has 4 unspecified atom stereocenters. The van der Waals surface area contributed by atoms with Gasteiger partial charge in [-0.1, -0.05) is 86.6 Å². The Morgan fingerprint density at radius 3 is 1.90 bits per heavy atom. The minimum atomic E-state index is -0.491. The molecule has 2 aliphatic heterocycles. The first-order chi connectivity index (χ1) is 30.4. The third kappa shape index (κ3) is 9.84. The molecule has 4 aromatic carbocycles. The zero-order chi connectivity index (χ0) is 44.2. The van der Waals surface area contributed by atoms with E-state index in [1.807, 2.05) is 43.3 Å². The number of rotatable bonds is 10. The highest BCUT2D eigenvalue weighted by Gasteiger charge is 2.34. The van der Waals surface area contributed by atoms with Crippen LogP contribution in [0.25, 0.3) is 16.9 Å². The molecule has 0 radical (unpaired) electrons. The molecule has 0 aliphatic carbocycles. The lowest BCUT2D eigenvalue weighted by Gasteiger charge is -2.16. The van der Waals surface area contributed by atoms with Gasteiger partial charge in [-0.15, -0.1) is 10.2 Å². The van der Waals surface area contributed by atoms with Crippen molar-refractivity contribution >= 4 is 11.4 Å². The quantitative estimate of drug-likeness (QED) is 0.139. The minimum absolute atomic E-state index is 0.0810. The van der Waals surface area contributed by atoms with Gasteiger partial charge >= 0.3 is 0 Å². The summed E-state index contributed by atoms with van der Waals surface area (Å²) in [5.74, 6) is 1.24. The van der Waals surface area contributed by atoms with E-state index in [2.05, 4.69) is 78.4 Å². The minimum Gasteiger partial charge on any atom is -0.346 e. The van der Waals surface area contributed by atoms with Gasteiger partial charge in [0.1, 0.15) is 29.0 Å². The van der Waals surface area contributed by atoms with Crippen LogP contribution in [0.2, 0.25) is 0 Å². The van der Waals surface area contributed by atoms with Crippen LogP contribution in [0, 0.1) is 37.3 Å². The number of aromatic amines is 2. The largest absolute Gasteiger partial charge is 0.346 e. The van der Waals surface area contributed by atoms with Crippen LogP contribution in [-0.2, 0) is 19.6 Å². The Balaban J connectivity index is 0.000000173. The van der Waals surface area contributed by atoms with Gasteiger partial charge in [0.2, 0.25) is 0 Å². The number of aromatic nitrogens is 7. The maximum Gasteiger partial charge on any atom is 0.276 e. The number of likely N-dealkylation sites (tertiary alicyclic amines) is 2. The van der Waals surface area contributed by atoms with Gasteiger partial charge in [0, 0.05) is 62.2 Å². The van der Waals surface area contributed by atoms with Crippen molar-refractivity contribution < 1.29 is 13.6 Å². The highest BCUT2D eigenvalue weighted by molar-refractivity contribution is 5.95. The number of halogens is 2. The number of nitrogens with zero attached hydrogens (tertiary/aromatic N) is 7. The third-order valence-electron chi connectivity index (χ3n) is 12.1. The summed E-state index contributed by atoms with van der Waals surface area (Å²) in [4.78, 5) is 52.7. The lowest BCUT2D eigenvalue weighted by Crippen LogP contribution is -2.30. The fraction of sp³-hybridized carbons (Fsp3) is 0.312. The van der Waals surface area contributed by atoms with Crippen LogP contribution in [0.5, 0.6) is 0 Å². The van der Waals surface area contributed by atoms with Crippen LogP contribution in [0.3, 0.4) is 0 Å². The topological polar surface area (TPSA) is 157 Å². The van der Waals surface area contributed by atoms with Crippen molar-refractivity contribution in [2.45, 2.75) is 59.2 Å². The maximum atomic E-state index is 13.9. The van der Waals surface area contributed by atoms with Gasteiger partial charge in [-0.25, -0.2) is 18.3 Å². The monoisotopic (exact) mass is 852 g/mol. The zero-order valence-electron chi connectivity index (χ0n) is 35.7. The number of hydrogen-bond acceptors (Lipinski definition) is 9. The van der Waals surface area contributed by atoms with Gasteiger partial charge in [-0.2, -0.15) is 5.10 Å². The number of nitrogens with one attached hydrogen (secondary N) is 3. The first-order valence-electron chi connectivity index (χ1n) is 21.2. The molecular formula is C48H50F2N10O3. The molecule has 324 valence electrons. The molecule has 0 bridgehead atoms. The molecule has 2 aliphatic rings. The predicted molar refractivity (Wildman–Crippen MR) is 236 cm³/mol. The molecule has 9 rings (SSSR count). The fourth-order valence-electron chi connectivity index (χ4n) is 8.64. The van der Waals surface area contributed by atoms with Crippen molar-refractivity contribution in [1.82, 2.24) is 49.9 Å². The van der Waals surface area contributed by atoms with Crippen molar-refractivity contribution in [3.05, 3.63) is 181 Å². The summed E-state index contributed by atoms with van der Waals surface area (Å²) in [6.07, 6.45) is 1.50. The van der Waals surface area contributed by atoms with E-state index in [0.717, 1.165) is 44.8 Å². The number of H-pyrrole nitrogens is 2. The molecule has 5 heterocycles. The van der Waals surface area contributed by atoms with Gasteiger partial charge in [-0.05, 0) is 72.2 Å². The first-order valence-corrected chi connectivity index (χ1v) is 21.2. The van der Waals surface area contributed by atoms with Crippen LogP contribution in [0.4, 0.5) is 8.78 Å². The number of fused-ring (bicyclic) bond motifs is 1. The summed E-state index contributed by atoms with van der Waals surface area (Å²) < 4.78 is 28.9. The lowest BCUT2D eigenvalue weighted by molar-refractivity contribution is 0.0949. The second kappa shape index (κ2) is 18.7. The van der Waals surface area contributed by atoms with E-state index in [1.54, 1.807) is 17.5 Å². The molecule has 13 nitrogen and oxygen atoms in total. The summed E-state index contributed by atoms with van der Waals surface area (Å²) in [6.45, 7) is 13.0. The Bertz CT molecular complexity index is 2850. The number of carbonyl (C=O) groups is 1. The van der Waals surface area contributed by atoms with E-state index in [4.69, 9.17) is 5.10 Å². The lowest BCUT2D eigenvalue weighted by atomic mass is 9.97. The summed E-state index contributed by atoms with van der Waals surface area (Å²) in [7, 11) is 0. The van der Waals surface area contributed by atoms with Gasteiger partial charge in [0.25, 0.3) is 17.0 Å². The van der Waals surface area contributed by atoms with Gasteiger partial charge in [-0.3, -0.25) is 24.2 Å². The average Bonchev–Trinajstić information content (AvgIpc) is 3.98. The Kier molecular flexibility index (Phi) is 12.8. The molecule has 0 saturated carbocycles. The van der Waals surface area contributed by atoms with Crippen molar-refractivity contribution in [1.29, 1.82) is 0 Å². The standard InChI is InChI=1S/C24H26FN5O2.C24H24FN5O/c1-15-8-9-18(25)10-19(15)23(31)26-11-21-24(32)27-22(29-28-21)20-14-30(12-16(20)2)13-17-6-4-3-5-7-17;1-15-8-9-18(25)10-19(15)23-26-11-21-24(31)27-22(28-30(21)23)20-14-29(12-16(20)2)13-17-6-4-3-5-7-17/h3-10,16,20H,11-14H2,1-2H3,(H,26,31)(H,27,29,32);3-11,16,20H,12-14H2,1-2H3,(H,27,28,31). The van der Waals surface area contributed by atoms with E-state index in [0.29, 0.717) is 46.0 Å². The van der Waals surface area contributed by atoms with Crippen LogP contribution < -0.4 is 16.4 Å². The number of hydrogen-bond donors (Lipinski definition) is 3. The zero-order valence-corrected chi connectivity index (χ0v) is 35.7. The molecule has 15 heteroatoms. The summed E-state index contributed by atoms with van der Waals surface area (Å²) >= 11 is 0. The highest BCUT2D eigenvalue weighted by Crippen LogP contribution is 2.32. The molecular weight excluding hydrogens is 803 g/mol. The first kappa shape index (κ1) is 43.0. The Hall–Kier alpha value is -6.71. The van der Waals surface area contributed by atoms with Crippen LogP contribution >= 0.6 is 0 Å². The molecule has 7 aromatic rings. The molecule has 3 aromatic heterocycles. The van der Waals surface area contributed by atoms with Crippen LogP contribution in [-0.4, -0.2) is 76.6 Å². The summed E-state index contributed by atoms with van der Waals surface area (Å²) in [5.41, 5.74) is 4.77. The van der Waals surface area contributed by atoms with E-state index in [9.17, 15) is 23.2 Å². The summed E-state index contributed by atoms with van der Waals surface area (Å²) in [5, 5.41) is 15.7.